The molecule has 0 bridgehead atoms. The number of hydrogen-bond acceptors (Lipinski definition) is 4. The third kappa shape index (κ3) is 1.57. The second-order valence-corrected chi connectivity index (χ2v) is 5.97. The van der Waals surface area contributed by atoms with E-state index >= 15 is 0 Å². The minimum Gasteiger partial charge on any atom is -0.271 e. The molecular formula is C11H12N2OS2. The Kier molecular flexibility index (Phi) is 2.67. The highest BCUT2D eigenvalue weighted by molar-refractivity contribution is 8.18. The number of hydrogen-bond donors (Lipinski definition) is 0. The molecule has 3 aliphatic rings. The number of allylic oxidation sites excluding steroid dienone is 1. The van der Waals surface area contributed by atoms with Gasteiger partial charge in [-0.25, -0.2) is 4.99 Å². The van der Waals surface area contributed by atoms with Gasteiger partial charge in [-0.15, -0.1) is 0 Å². The van der Waals surface area contributed by atoms with Crippen LogP contribution in [-0.2, 0) is 4.79 Å². The molecule has 0 saturated carbocycles. The fraction of sp³-hybridized carbons (Fsp3) is 0.545. The molecule has 0 spiro atoms. The molecule has 16 heavy (non-hydrogen) atoms. The maximum Gasteiger partial charge on any atom is 0.262 e. The van der Waals surface area contributed by atoms with Crippen molar-refractivity contribution in [2.24, 2.45) is 15.9 Å². The van der Waals surface area contributed by atoms with Gasteiger partial charge in [-0.1, -0.05) is 23.5 Å². The van der Waals surface area contributed by atoms with Crippen LogP contribution in [0, 0.1) is 5.92 Å². The molecule has 2 aliphatic heterocycles. The lowest BCUT2D eigenvalue weighted by molar-refractivity contribution is -0.118. The van der Waals surface area contributed by atoms with Crippen LogP contribution >= 0.6 is 23.5 Å². The first-order valence-electron chi connectivity index (χ1n) is 5.44. The van der Waals surface area contributed by atoms with Crippen LogP contribution in [0.2, 0.25) is 0 Å². The molecule has 0 N–H and O–H groups in total. The molecule has 3 rings (SSSR count). The first-order chi connectivity index (χ1) is 7.79. The van der Waals surface area contributed by atoms with E-state index in [1.165, 1.54) is 35.1 Å². The van der Waals surface area contributed by atoms with Gasteiger partial charge in [0, 0.05) is 0 Å². The van der Waals surface area contributed by atoms with Gasteiger partial charge in [-0.3, -0.25) is 4.79 Å². The Morgan fingerprint density at radius 3 is 2.94 bits per heavy atom. The predicted molar refractivity (Wildman–Crippen MR) is 70.0 cm³/mol. The summed E-state index contributed by atoms with van der Waals surface area (Å²) in [4.78, 5) is 21.9. The highest BCUT2D eigenvalue weighted by Crippen LogP contribution is 2.47. The summed E-state index contributed by atoms with van der Waals surface area (Å²) in [7, 11) is 0. The zero-order chi connectivity index (χ0) is 11.1. The van der Waals surface area contributed by atoms with Crippen molar-refractivity contribution >= 4 is 39.6 Å². The Bertz CT molecular complexity index is 451. The van der Waals surface area contributed by atoms with Crippen molar-refractivity contribution in [1.29, 1.82) is 0 Å². The quantitative estimate of drug-likeness (QED) is 0.665. The zero-order valence-corrected chi connectivity index (χ0v) is 10.7. The summed E-state index contributed by atoms with van der Waals surface area (Å²) >= 11 is 3.16. The van der Waals surface area contributed by atoms with Crippen molar-refractivity contribution in [1.82, 2.24) is 0 Å². The van der Waals surface area contributed by atoms with Gasteiger partial charge >= 0.3 is 0 Å². The van der Waals surface area contributed by atoms with Gasteiger partial charge in [0.1, 0.15) is 5.92 Å². The number of amides is 1. The molecule has 1 aliphatic carbocycles. The monoisotopic (exact) mass is 252 g/mol. The Morgan fingerprint density at radius 2 is 2.12 bits per heavy atom. The van der Waals surface area contributed by atoms with E-state index in [2.05, 4.69) is 9.98 Å². The lowest BCUT2D eigenvalue weighted by Crippen LogP contribution is -2.24. The predicted octanol–water partition coefficient (Wildman–Crippen LogP) is 2.84. The number of aliphatic imine (C=N–C) groups is 2. The van der Waals surface area contributed by atoms with Crippen molar-refractivity contribution in [3.8, 4) is 0 Å². The van der Waals surface area contributed by atoms with Gasteiger partial charge in [0.15, 0.2) is 5.17 Å². The van der Waals surface area contributed by atoms with Gasteiger partial charge in [-0.2, -0.15) is 4.99 Å². The van der Waals surface area contributed by atoms with Crippen molar-refractivity contribution in [2.75, 3.05) is 6.26 Å². The van der Waals surface area contributed by atoms with E-state index < -0.39 is 0 Å². The summed E-state index contributed by atoms with van der Waals surface area (Å²) in [5, 5.41) is 1.58. The minimum atomic E-state index is -0.115. The second kappa shape index (κ2) is 4.04. The minimum absolute atomic E-state index is 0.00579. The van der Waals surface area contributed by atoms with Crippen LogP contribution in [0.15, 0.2) is 20.5 Å². The zero-order valence-electron chi connectivity index (χ0n) is 9.02. The van der Waals surface area contributed by atoms with E-state index in [1.807, 2.05) is 6.26 Å². The highest BCUT2D eigenvalue weighted by atomic mass is 32.2. The average molecular weight is 252 g/mol. The molecule has 0 aromatic rings. The largest absolute Gasteiger partial charge is 0.271 e. The molecule has 0 aromatic heterocycles. The summed E-state index contributed by atoms with van der Waals surface area (Å²) in [5.41, 5.74) is 1.31. The summed E-state index contributed by atoms with van der Waals surface area (Å²) in [5.74, 6) is -0.120. The number of carbonyl (C=O) groups excluding carboxylic acids is 1. The molecule has 0 fully saturated rings. The van der Waals surface area contributed by atoms with Gasteiger partial charge < -0.3 is 0 Å². The SMILES string of the molecule is CSC1=NC(=O)C2C(=N1)SC1=C2CCCC1. The molecule has 3 nitrogen and oxygen atoms in total. The van der Waals surface area contributed by atoms with Crippen LogP contribution in [0.3, 0.4) is 0 Å². The van der Waals surface area contributed by atoms with Gasteiger partial charge in [-0.05, 0) is 42.4 Å². The van der Waals surface area contributed by atoms with E-state index in [0.717, 1.165) is 17.9 Å². The second-order valence-electron chi connectivity index (χ2n) is 4.08. The van der Waals surface area contributed by atoms with Gasteiger partial charge in [0.2, 0.25) is 0 Å². The topological polar surface area (TPSA) is 41.8 Å². The number of rotatable bonds is 0. The molecule has 1 amide bonds. The van der Waals surface area contributed by atoms with Crippen molar-refractivity contribution < 1.29 is 4.79 Å². The smallest absolute Gasteiger partial charge is 0.262 e. The molecule has 0 aromatic carbocycles. The van der Waals surface area contributed by atoms with Crippen molar-refractivity contribution in [2.45, 2.75) is 25.7 Å². The van der Waals surface area contributed by atoms with Gasteiger partial charge in [0.25, 0.3) is 5.91 Å². The van der Waals surface area contributed by atoms with Crippen molar-refractivity contribution in [3.63, 3.8) is 0 Å². The first-order valence-corrected chi connectivity index (χ1v) is 7.48. The Hall–Kier alpha value is -0.550. The molecule has 1 unspecified atom stereocenters. The summed E-state index contributed by atoms with van der Waals surface area (Å²) in [6.07, 6.45) is 6.54. The normalized spacial score (nSPS) is 28.6. The number of amidine groups is 1. The Morgan fingerprint density at radius 1 is 1.31 bits per heavy atom. The maximum absolute atomic E-state index is 12.0. The first kappa shape index (κ1) is 10.6. The Labute approximate surface area is 103 Å². The number of thioether (sulfide) groups is 2. The third-order valence-electron chi connectivity index (χ3n) is 3.12. The molecule has 5 heteroatoms. The molecular weight excluding hydrogens is 240 g/mol. The Balaban J connectivity index is 1.98. The summed E-state index contributed by atoms with van der Waals surface area (Å²) in [6, 6.07) is 0. The van der Waals surface area contributed by atoms with Crippen molar-refractivity contribution in [3.05, 3.63) is 10.5 Å². The summed E-state index contributed by atoms with van der Waals surface area (Å²) < 4.78 is 0. The number of nitrogens with zero attached hydrogens (tertiary/aromatic N) is 2. The average Bonchev–Trinajstić information content (AvgIpc) is 2.67. The summed E-state index contributed by atoms with van der Waals surface area (Å²) in [6.45, 7) is 0. The fourth-order valence-electron chi connectivity index (χ4n) is 2.37. The molecule has 0 radical (unpaired) electrons. The lowest BCUT2D eigenvalue weighted by atomic mass is 9.89. The van der Waals surface area contributed by atoms with Crippen LogP contribution in [0.1, 0.15) is 25.7 Å². The number of fused-ring (bicyclic) bond motifs is 2. The molecule has 1 atom stereocenters. The number of carbonyl (C=O) groups is 1. The van der Waals surface area contributed by atoms with E-state index in [9.17, 15) is 4.79 Å². The van der Waals surface area contributed by atoms with Gasteiger partial charge in [0.05, 0.1) is 5.04 Å². The van der Waals surface area contributed by atoms with Crippen LogP contribution in [0.5, 0.6) is 0 Å². The van der Waals surface area contributed by atoms with Crippen LogP contribution in [0.25, 0.3) is 0 Å². The van der Waals surface area contributed by atoms with E-state index in [4.69, 9.17) is 0 Å². The van der Waals surface area contributed by atoms with Crippen LogP contribution in [0.4, 0.5) is 0 Å². The molecule has 2 heterocycles. The van der Waals surface area contributed by atoms with E-state index in [1.54, 1.807) is 11.8 Å². The van der Waals surface area contributed by atoms with Crippen LogP contribution in [-0.4, -0.2) is 22.4 Å². The highest BCUT2D eigenvalue weighted by Gasteiger charge is 2.40. The van der Waals surface area contributed by atoms with E-state index in [-0.39, 0.29) is 11.8 Å². The molecule has 84 valence electrons. The lowest BCUT2D eigenvalue weighted by Gasteiger charge is -2.17. The van der Waals surface area contributed by atoms with Crippen LogP contribution < -0.4 is 0 Å². The maximum atomic E-state index is 12.0. The molecule has 0 saturated heterocycles. The van der Waals surface area contributed by atoms with E-state index in [0.29, 0.717) is 5.17 Å². The fourth-order valence-corrected chi connectivity index (χ4v) is 4.14. The standard InChI is InChI=1S/C11H12N2OS2/c1-15-11-12-9(14)8-6-4-2-3-5-7(6)16-10(8)13-11/h8H,2-5H2,1H3. The third-order valence-corrected chi connectivity index (χ3v) is 4.92.